The van der Waals surface area contributed by atoms with Gasteiger partial charge in [0.25, 0.3) is 5.91 Å². The molecule has 1 aliphatic heterocycles. The summed E-state index contributed by atoms with van der Waals surface area (Å²) in [6.07, 6.45) is 2.54. The minimum atomic E-state index is 0.0418. The molecule has 0 spiro atoms. The average Bonchev–Trinajstić information content (AvgIpc) is 3.10. The zero-order chi connectivity index (χ0) is 16.4. The SMILES string of the molecule is Cc1ccc(C)c(C(=O)N(C)c2ccc(N3CCCC3)cc2)c1. The topological polar surface area (TPSA) is 23.6 Å². The summed E-state index contributed by atoms with van der Waals surface area (Å²) in [5, 5.41) is 0. The molecule has 0 radical (unpaired) electrons. The minimum absolute atomic E-state index is 0.0418. The van der Waals surface area contributed by atoms with Crippen LogP contribution in [0.1, 0.15) is 34.3 Å². The molecule has 3 nitrogen and oxygen atoms in total. The Bertz CT molecular complexity index is 700. The average molecular weight is 308 g/mol. The largest absolute Gasteiger partial charge is 0.372 e. The second-order valence-corrected chi connectivity index (χ2v) is 6.39. The fourth-order valence-corrected chi connectivity index (χ4v) is 3.13. The molecule has 0 aliphatic carbocycles. The van der Waals surface area contributed by atoms with E-state index in [1.807, 2.05) is 51.2 Å². The lowest BCUT2D eigenvalue weighted by Crippen LogP contribution is -2.27. The van der Waals surface area contributed by atoms with E-state index < -0.39 is 0 Å². The van der Waals surface area contributed by atoms with Crippen molar-refractivity contribution in [3.63, 3.8) is 0 Å². The number of hydrogen-bond donors (Lipinski definition) is 0. The van der Waals surface area contributed by atoms with Crippen molar-refractivity contribution in [2.24, 2.45) is 0 Å². The second kappa shape index (κ2) is 6.45. The minimum Gasteiger partial charge on any atom is -0.372 e. The van der Waals surface area contributed by atoms with Gasteiger partial charge in [0.2, 0.25) is 0 Å². The van der Waals surface area contributed by atoms with E-state index in [1.54, 1.807) is 4.90 Å². The molecule has 1 saturated heterocycles. The van der Waals surface area contributed by atoms with Crippen LogP contribution >= 0.6 is 0 Å². The molecule has 1 heterocycles. The molecular weight excluding hydrogens is 284 g/mol. The van der Waals surface area contributed by atoms with Gasteiger partial charge in [0.1, 0.15) is 0 Å². The molecule has 0 unspecified atom stereocenters. The van der Waals surface area contributed by atoms with Crippen LogP contribution < -0.4 is 9.80 Å². The van der Waals surface area contributed by atoms with E-state index in [4.69, 9.17) is 0 Å². The number of benzene rings is 2. The highest BCUT2D eigenvalue weighted by Gasteiger charge is 2.17. The van der Waals surface area contributed by atoms with Gasteiger partial charge in [-0.1, -0.05) is 17.7 Å². The Morgan fingerprint density at radius 1 is 1.00 bits per heavy atom. The van der Waals surface area contributed by atoms with Crippen molar-refractivity contribution in [1.29, 1.82) is 0 Å². The summed E-state index contributed by atoms with van der Waals surface area (Å²) in [6.45, 7) is 6.27. The number of nitrogens with zero attached hydrogens (tertiary/aromatic N) is 2. The molecule has 3 heteroatoms. The van der Waals surface area contributed by atoms with Gasteiger partial charge in [-0.2, -0.15) is 0 Å². The maximum Gasteiger partial charge on any atom is 0.258 e. The quantitative estimate of drug-likeness (QED) is 0.849. The van der Waals surface area contributed by atoms with Crippen LogP contribution in [0.2, 0.25) is 0 Å². The summed E-state index contributed by atoms with van der Waals surface area (Å²) in [5.74, 6) is 0.0418. The molecule has 1 amide bonds. The van der Waals surface area contributed by atoms with Crippen LogP contribution in [0, 0.1) is 13.8 Å². The Hall–Kier alpha value is -2.29. The van der Waals surface area contributed by atoms with Crippen molar-refractivity contribution >= 4 is 17.3 Å². The van der Waals surface area contributed by atoms with E-state index in [1.165, 1.54) is 18.5 Å². The Balaban J connectivity index is 1.80. The summed E-state index contributed by atoms with van der Waals surface area (Å²) in [6, 6.07) is 14.3. The number of amides is 1. The first-order chi connectivity index (χ1) is 11.1. The second-order valence-electron chi connectivity index (χ2n) is 6.39. The standard InChI is InChI=1S/C20H24N2O/c1-15-6-7-16(2)19(14-15)20(23)21(3)17-8-10-18(11-9-17)22-12-4-5-13-22/h6-11,14H,4-5,12-13H2,1-3H3. The van der Waals surface area contributed by atoms with Crippen molar-refractivity contribution in [2.45, 2.75) is 26.7 Å². The number of carbonyl (C=O) groups is 1. The number of aryl methyl sites for hydroxylation is 2. The number of anilines is 2. The molecule has 2 aromatic carbocycles. The summed E-state index contributed by atoms with van der Waals surface area (Å²) < 4.78 is 0. The third-order valence-corrected chi connectivity index (χ3v) is 4.64. The smallest absolute Gasteiger partial charge is 0.258 e. The van der Waals surface area contributed by atoms with E-state index >= 15 is 0 Å². The lowest BCUT2D eigenvalue weighted by Gasteiger charge is -2.21. The van der Waals surface area contributed by atoms with Crippen LogP contribution in [0.3, 0.4) is 0 Å². The molecule has 0 saturated carbocycles. The molecular formula is C20H24N2O. The Morgan fingerprint density at radius 2 is 1.65 bits per heavy atom. The normalized spacial score (nSPS) is 14.1. The first kappa shape index (κ1) is 15.6. The van der Waals surface area contributed by atoms with Crippen molar-refractivity contribution in [1.82, 2.24) is 0 Å². The van der Waals surface area contributed by atoms with Gasteiger partial charge in [-0.25, -0.2) is 0 Å². The number of rotatable bonds is 3. The molecule has 1 aliphatic rings. The van der Waals surface area contributed by atoms with E-state index in [0.717, 1.165) is 35.5 Å². The van der Waals surface area contributed by atoms with Gasteiger partial charge < -0.3 is 9.80 Å². The monoisotopic (exact) mass is 308 g/mol. The zero-order valence-corrected chi connectivity index (χ0v) is 14.2. The predicted molar refractivity (Wildman–Crippen MR) is 96.5 cm³/mol. The molecule has 0 bridgehead atoms. The van der Waals surface area contributed by atoms with Crippen LogP contribution in [-0.4, -0.2) is 26.0 Å². The molecule has 3 rings (SSSR count). The van der Waals surface area contributed by atoms with E-state index in [-0.39, 0.29) is 5.91 Å². The Labute approximate surface area is 138 Å². The summed E-state index contributed by atoms with van der Waals surface area (Å²) in [5.41, 5.74) is 5.08. The first-order valence-corrected chi connectivity index (χ1v) is 8.26. The molecule has 120 valence electrons. The highest BCUT2D eigenvalue weighted by Crippen LogP contribution is 2.24. The van der Waals surface area contributed by atoms with Crippen molar-refractivity contribution in [3.05, 3.63) is 59.2 Å². The molecule has 1 fully saturated rings. The summed E-state index contributed by atoms with van der Waals surface area (Å²) in [7, 11) is 1.84. The van der Waals surface area contributed by atoms with Crippen LogP contribution in [0.4, 0.5) is 11.4 Å². The predicted octanol–water partition coefficient (Wildman–Crippen LogP) is 4.18. The highest BCUT2D eigenvalue weighted by molar-refractivity contribution is 6.06. The maximum atomic E-state index is 12.8. The number of hydrogen-bond acceptors (Lipinski definition) is 2. The molecule has 23 heavy (non-hydrogen) atoms. The maximum absolute atomic E-state index is 12.8. The van der Waals surface area contributed by atoms with Gasteiger partial charge in [-0.05, 0) is 62.6 Å². The third kappa shape index (κ3) is 3.24. The Kier molecular flexibility index (Phi) is 4.37. The lowest BCUT2D eigenvalue weighted by atomic mass is 10.0. The van der Waals surface area contributed by atoms with Gasteiger partial charge in [0, 0.05) is 37.1 Å². The summed E-state index contributed by atoms with van der Waals surface area (Å²) in [4.78, 5) is 16.9. The Morgan fingerprint density at radius 3 is 2.30 bits per heavy atom. The van der Waals surface area contributed by atoms with E-state index in [9.17, 15) is 4.79 Å². The third-order valence-electron chi connectivity index (χ3n) is 4.64. The molecule has 0 N–H and O–H groups in total. The molecule has 2 aromatic rings. The van der Waals surface area contributed by atoms with Crippen LogP contribution in [0.25, 0.3) is 0 Å². The van der Waals surface area contributed by atoms with Crippen molar-refractivity contribution in [3.8, 4) is 0 Å². The van der Waals surface area contributed by atoms with Gasteiger partial charge in [-0.3, -0.25) is 4.79 Å². The van der Waals surface area contributed by atoms with Crippen LogP contribution in [-0.2, 0) is 0 Å². The molecule has 0 aromatic heterocycles. The van der Waals surface area contributed by atoms with Crippen molar-refractivity contribution < 1.29 is 4.79 Å². The van der Waals surface area contributed by atoms with E-state index in [0.29, 0.717) is 0 Å². The highest BCUT2D eigenvalue weighted by atomic mass is 16.2. The fraction of sp³-hybridized carbons (Fsp3) is 0.350. The summed E-state index contributed by atoms with van der Waals surface area (Å²) >= 11 is 0. The van der Waals surface area contributed by atoms with Gasteiger partial charge in [-0.15, -0.1) is 0 Å². The van der Waals surface area contributed by atoms with Crippen LogP contribution in [0.15, 0.2) is 42.5 Å². The first-order valence-electron chi connectivity index (χ1n) is 8.26. The zero-order valence-electron chi connectivity index (χ0n) is 14.2. The van der Waals surface area contributed by atoms with Gasteiger partial charge >= 0.3 is 0 Å². The molecule has 0 atom stereocenters. The van der Waals surface area contributed by atoms with Gasteiger partial charge in [0.05, 0.1) is 0 Å². The number of carbonyl (C=O) groups excluding carboxylic acids is 1. The van der Waals surface area contributed by atoms with Crippen LogP contribution in [0.5, 0.6) is 0 Å². The van der Waals surface area contributed by atoms with Gasteiger partial charge in [0.15, 0.2) is 0 Å². The fourth-order valence-electron chi connectivity index (χ4n) is 3.13. The lowest BCUT2D eigenvalue weighted by molar-refractivity contribution is 0.0992. The van der Waals surface area contributed by atoms with E-state index in [2.05, 4.69) is 17.0 Å². The van der Waals surface area contributed by atoms with Crippen molar-refractivity contribution in [2.75, 3.05) is 29.9 Å².